The first-order valence-corrected chi connectivity index (χ1v) is 14.9. The molecule has 2 heterocycles. The van der Waals surface area contributed by atoms with E-state index in [-0.39, 0.29) is 11.9 Å². The van der Waals surface area contributed by atoms with Crippen LogP contribution in [-0.4, -0.2) is 60.4 Å². The maximum Gasteiger partial charge on any atom is 0.410 e. The van der Waals surface area contributed by atoms with Gasteiger partial charge in [-0.25, -0.2) is 9.59 Å². The fourth-order valence-electron chi connectivity index (χ4n) is 5.08. The van der Waals surface area contributed by atoms with E-state index in [2.05, 4.69) is 51.7 Å². The number of aryl methyl sites for hydroxylation is 1. The lowest BCUT2D eigenvalue weighted by molar-refractivity contribution is 0.0240. The first-order chi connectivity index (χ1) is 20.1. The van der Waals surface area contributed by atoms with Gasteiger partial charge >= 0.3 is 12.1 Å². The summed E-state index contributed by atoms with van der Waals surface area (Å²) in [5.41, 5.74) is 4.10. The normalized spacial score (nSPS) is 13.8. The van der Waals surface area contributed by atoms with Crippen molar-refractivity contribution < 1.29 is 23.8 Å². The van der Waals surface area contributed by atoms with Crippen molar-refractivity contribution in [3.63, 3.8) is 0 Å². The third kappa shape index (κ3) is 6.85. The first kappa shape index (κ1) is 29.4. The lowest BCUT2D eigenvalue weighted by Gasteiger charge is -2.38. The van der Waals surface area contributed by atoms with Crippen molar-refractivity contribution in [3.05, 3.63) is 89.7 Å². The minimum atomic E-state index is -1.07. The molecule has 5 rings (SSSR count). The van der Waals surface area contributed by atoms with Gasteiger partial charge in [-0.05, 0) is 82.0 Å². The van der Waals surface area contributed by atoms with Crippen molar-refractivity contribution >= 4 is 46.4 Å². The summed E-state index contributed by atoms with van der Waals surface area (Å²) in [6.45, 7) is 10.8. The van der Waals surface area contributed by atoms with Crippen LogP contribution in [0.2, 0.25) is 0 Å². The topological polar surface area (TPSA) is 86.5 Å². The Morgan fingerprint density at radius 2 is 1.67 bits per heavy atom. The van der Waals surface area contributed by atoms with Crippen LogP contribution < -0.4 is 9.21 Å². The van der Waals surface area contributed by atoms with Gasteiger partial charge < -0.3 is 28.4 Å². The number of amides is 1. The van der Waals surface area contributed by atoms with Crippen LogP contribution in [0, 0.1) is 6.92 Å². The minimum absolute atomic E-state index is 0.0241. The zero-order valence-electron chi connectivity index (χ0n) is 24.5. The smallest absolute Gasteiger partial charge is 0.410 e. The zero-order chi connectivity index (χ0) is 29.9. The van der Waals surface area contributed by atoms with Crippen molar-refractivity contribution in [1.82, 2.24) is 4.90 Å². The number of rotatable bonds is 8. The van der Waals surface area contributed by atoms with E-state index >= 15 is 0 Å². The number of carboxylic acid groups (broad SMARTS) is 1. The Kier molecular flexibility index (Phi) is 8.68. The standard InChI is InChI=1S/C33H37N3O5S/c1-23-26-22-25(14-15-29(26)40-30(23)31(37)38)42-36(17-16-24-10-6-5-7-11-24)28-13-9-8-12-27(28)34-18-20-35(21-19-34)32(39)41-33(2,3)4/h5-15,22H,16-21H2,1-4H3,(H,37,38). The van der Waals surface area contributed by atoms with Gasteiger partial charge in [0.15, 0.2) is 0 Å². The average Bonchev–Trinajstić information content (AvgIpc) is 3.31. The summed E-state index contributed by atoms with van der Waals surface area (Å²) in [6, 6.07) is 24.6. The molecule has 3 aromatic carbocycles. The molecule has 0 spiro atoms. The van der Waals surface area contributed by atoms with Crippen LogP contribution in [0.5, 0.6) is 0 Å². The van der Waals surface area contributed by atoms with E-state index in [1.54, 1.807) is 23.8 Å². The van der Waals surface area contributed by atoms with E-state index in [9.17, 15) is 14.7 Å². The summed E-state index contributed by atoms with van der Waals surface area (Å²) in [6.07, 6.45) is 0.580. The highest BCUT2D eigenvalue weighted by atomic mass is 32.2. The molecule has 1 aromatic heterocycles. The number of carbonyl (C=O) groups excluding carboxylic acids is 1. The zero-order valence-corrected chi connectivity index (χ0v) is 25.3. The highest BCUT2D eigenvalue weighted by molar-refractivity contribution is 8.00. The number of benzene rings is 3. The average molecular weight is 588 g/mol. The fourth-order valence-corrected chi connectivity index (χ4v) is 6.07. The van der Waals surface area contributed by atoms with Gasteiger partial charge in [-0.2, -0.15) is 0 Å². The summed E-state index contributed by atoms with van der Waals surface area (Å²) < 4.78 is 13.5. The summed E-state index contributed by atoms with van der Waals surface area (Å²) in [7, 11) is 0. The molecule has 9 heteroatoms. The number of carbonyl (C=O) groups is 2. The Balaban J connectivity index is 1.41. The van der Waals surface area contributed by atoms with E-state index < -0.39 is 11.6 Å². The molecule has 1 fully saturated rings. The Labute approximate surface area is 251 Å². The molecular weight excluding hydrogens is 550 g/mol. The molecule has 0 atom stereocenters. The highest BCUT2D eigenvalue weighted by Gasteiger charge is 2.27. The van der Waals surface area contributed by atoms with Crippen LogP contribution in [0.25, 0.3) is 11.0 Å². The third-order valence-corrected chi connectivity index (χ3v) is 8.25. The molecule has 0 aliphatic carbocycles. The summed E-state index contributed by atoms with van der Waals surface area (Å²) >= 11 is 1.63. The summed E-state index contributed by atoms with van der Waals surface area (Å²) in [5.74, 6) is -1.09. The van der Waals surface area contributed by atoms with Crippen LogP contribution in [0.3, 0.4) is 0 Å². The molecule has 1 aliphatic rings. The van der Waals surface area contributed by atoms with E-state index in [0.717, 1.165) is 34.6 Å². The second-order valence-electron chi connectivity index (χ2n) is 11.4. The predicted molar refractivity (Wildman–Crippen MR) is 168 cm³/mol. The molecule has 42 heavy (non-hydrogen) atoms. The fraction of sp³-hybridized carbons (Fsp3) is 0.333. The molecule has 1 N–H and O–H groups in total. The molecule has 220 valence electrons. The second-order valence-corrected chi connectivity index (χ2v) is 12.5. The van der Waals surface area contributed by atoms with Crippen molar-refractivity contribution in [2.24, 2.45) is 0 Å². The Bertz CT molecular complexity index is 1560. The van der Waals surface area contributed by atoms with Gasteiger partial charge in [0.05, 0.1) is 11.4 Å². The maximum absolute atomic E-state index is 12.6. The highest BCUT2D eigenvalue weighted by Crippen LogP contribution is 2.38. The molecule has 1 saturated heterocycles. The lowest BCUT2D eigenvalue weighted by Crippen LogP contribution is -2.50. The van der Waals surface area contributed by atoms with Gasteiger partial charge in [0.2, 0.25) is 5.76 Å². The molecule has 0 bridgehead atoms. The number of aromatic carboxylic acids is 1. The first-order valence-electron chi connectivity index (χ1n) is 14.2. The summed E-state index contributed by atoms with van der Waals surface area (Å²) in [4.78, 5) is 29.4. The van der Waals surface area contributed by atoms with Crippen molar-refractivity contribution in [2.75, 3.05) is 41.9 Å². The Morgan fingerprint density at radius 3 is 2.36 bits per heavy atom. The number of fused-ring (bicyclic) bond motifs is 1. The monoisotopic (exact) mass is 587 g/mol. The third-order valence-electron chi connectivity index (χ3n) is 7.19. The molecular formula is C33H37N3O5S. The minimum Gasteiger partial charge on any atom is -0.475 e. The molecule has 8 nitrogen and oxygen atoms in total. The lowest BCUT2D eigenvalue weighted by atomic mass is 10.1. The number of hydrogen-bond donors (Lipinski definition) is 1. The Hall–Kier alpha value is -4.11. The molecule has 0 unspecified atom stereocenters. The van der Waals surface area contributed by atoms with E-state index in [4.69, 9.17) is 9.15 Å². The van der Waals surface area contributed by atoms with Crippen molar-refractivity contribution in [3.8, 4) is 0 Å². The maximum atomic E-state index is 12.6. The second kappa shape index (κ2) is 12.4. The van der Waals surface area contributed by atoms with Gasteiger partial charge in [-0.15, -0.1) is 0 Å². The van der Waals surface area contributed by atoms with Gasteiger partial charge in [0, 0.05) is 48.6 Å². The van der Waals surface area contributed by atoms with Crippen LogP contribution in [-0.2, 0) is 11.2 Å². The molecule has 0 radical (unpaired) electrons. The number of ether oxygens (including phenoxy) is 1. The summed E-state index contributed by atoms with van der Waals surface area (Å²) in [5, 5.41) is 10.3. The van der Waals surface area contributed by atoms with Gasteiger partial charge in [0.25, 0.3) is 0 Å². The molecule has 1 amide bonds. The number of carboxylic acids is 1. The van der Waals surface area contributed by atoms with Gasteiger partial charge in [0.1, 0.15) is 11.2 Å². The number of hydrogen-bond acceptors (Lipinski definition) is 7. The van der Waals surface area contributed by atoms with Crippen LogP contribution in [0.1, 0.15) is 42.5 Å². The molecule has 0 saturated carbocycles. The van der Waals surface area contributed by atoms with Gasteiger partial charge in [-0.1, -0.05) is 42.5 Å². The van der Waals surface area contributed by atoms with Gasteiger partial charge in [-0.3, -0.25) is 0 Å². The quantitative estimate of drug-likeness (QED) is 0.216. The number of para-hydroxylation sites is 2. The number of piperazine rings is 1. The number of furan rings is 1. The van der Waals surface area contributed by atoms with E-state index in [1.165, 1.54) is 5.56 Å². The SMILES string of the molecule is Cc1c(C(=O)O)oc2ccc(SN(CCc3ccccc3)c3ccccc3N3CCN(C(=O)OC(C)(C)C)CC3)cc12. The van der Waals surface area contributed by atoms with E-state index in [0.29, 0.717) is 37.3 Å². The number of nitrogens with zero attached hydrogens (tertiary/aromatic N) is 3. The van der Waals surface area contributed by atoms with Crippen molar-refractivity contribution in [2.45, 2.75) is 44.6 Å². The van der Waals surface area contributed by atoms with Crippen LogP contribution in [0.15, 0.2) is 82.1 Å². The van der Waals surface area contributed by atoms with E-state index in [1.807, 2.05) is 51.1 Å². The van der Waals surface area contributed by atoms with Crippen LogP contribution in [0.4, 0.5) is 16.2 Å². The number of anilines is 2. The van der Waals surface area contributed by atoms with Crippen molar-refractivity contribution in [1.29, 1.82) is 0 Å². The largest absolute Gasteiger partial charge is 0.475 e. The predicted octanol–water partition coefficient (Wildman–Crippen LogP) is 7.25. The molecule has 1 aliphatic heterocycles. The Morgan fingerprint density at radius 1 is 0.976 bits per heavy atom. The van der Waals surface area contributed by atoms with Crippen LogP contribution >= 0.6 is 11.9 Å². The molecule has 4 aromatic rings.